The number of aromatic nitrogens is 2. The van der Waals surface area contributed by atoms with Crippen LogP contribution in [0.15, 0.2) is 54.6 Å². The van der Waals surface area contributed by atoms with Crippen LogP contribution in [0.25, 0.3) is 0 Å². The van der Waals surface area contributed by atoms with Crippen molar-refractivity contribution in [1.82, 2.24) is 9.97 Å². The first kappa shape index (κ1) is 17.0. The Hall–Kier alpha value is -2.88. The maximum Gasteiger partial charge on any atom is 0.225 e. The van der Waals surface area contributed by atoms with Gasteiger partial charge in [-0.3, -0.25) is 0 Å². The second-order valence-corrected chi connectivity index (χ2v) is 6.19. The fourth-order valence-electron chi connectivity index (χ4n) is 2.69. The summed E-state index contributed by atoms with van der Waals surface area (Å²) in [5, 5.41) is 6.73. The molecular formula is C21H24N4. The molecule has 0 aliphatic carbocycles. The van der Waals surface area contributed by atoms with E-state index in [-0.39, 0.29) is 0 Å². The van der Waals surface area contributed by atoms with Gasteiger partial charge < -0.3 is 10.6 Å². The summed E-state index contributed by atoms with van der Waals surface area (Å²) in [6, 6.07) is 18.7. The van der Waals surface area contributed by atoms with Crippen molar-refractivity contribution in [3.8, 4) is 0 Å². The van der Waals surface area contributed by atoms with E-state index in [1.165, 1.54) is 16.7 Å². The molecule has 2 aromatic carbocycles. The van der Waals surface area contributed by atoms with Crippen LogP contribution in [0, 0.1) is 13.8 Å². The lowest BCUT2D eigenvalue weighted by Crippen LogP contribution is -2.06. The van der Waals surface area contributed by atoms with Gasteiger partial charge in [0.15, 0.2) is 0 Å². The lowest BCUT2D eigenvalue weighted by Gasteiger charge is -2.12. The fourth-order valence-corrected chi connectivity index (χ4v) is 2.69. The van der Waals surface area contributed by atoms with Gasteiger partial charge in [-0.15, -0.1) is 0 Å². The first-order valence-electron chi connectivity index (χ1n) is 8.64. The molecule has 4 heteroatoms. The molecule has 0 spiro atoms. The summed E-state index contributed by atoms with van der Waals surface area (Å²) in [5.41, 5.74) is 5.76. The van der Waals surface area contributed by atoms with Crippen LogP contribution in [0.5, 0.6) is 0 Å². The van der Waals surface area contributed by atoms with Gasteiger partial charge >= 0.3 is 0 Å². The second kappa shape index (κ2) is 7.79. The van der Waals surface area contributed by atoms with Gasteiger partial charge in [0.05, 0.1) is 0 Å². The lowest BCUT2D eigenvalue weighted by molar-refractivity contribution is 1.03. The zero-order valence-electron chi connectivity index (χ0n) is 15.0. The van der Waals surface area contributed by atoms with Gasteiger partial charge in [-0.05, 0) is 37.5 Å². The van der Waals surface area contributed by atoms with E-state index in [4.69, 9.17) is 0 Å². The number of rotatable bonds is 6. The summed E-state index contributed by atoms with van der Waals surface area (Å²) >= 11 is 0. The third kappa shape index (κ3) is 4.57. The average molecular weight is 332 g/mol. The molecule has 2 N–H and O–H groups in total. The maximum absolute atomic E-state index is 4.60. The Bertz CT molecular complexity index is 841. The van der Waals surface area contributed by atoms with Crippen LogP contribution in [0.1, 0.15) is 29.3 Å². The fraction of sp³-hybridized carbons (Fsp3) is 0.238. The Labute approximate surface area is 149 Å². The Morgan fingerprint density at radius 1 is 0.920 bits per heavy atom. The molecule has 0 bridgehead atoms. The highest BCUT2D eigenvalue weighted by atomic mass is 15.1. The minimum absolute atomic E-state index is 0.636. The smallest absolute Gasteiger partial charge is 0.225 e. The zero-order chi connectivity index (χ0) is 17.6. The molecule has 0 aliphatic rings. The molecular weight excluding hydrogens is 308 g/mol. The Morgan fingerprint density at radius 3 is 2.44 bits per heavy atom. The number of anilines is 3. The molecule has 0 saturated carbocycles. The highest BCUT2D eigenvalue weighted by molar-refractivity contribution is 5.61. The molecule has 0 unspecified atom stereocenters. The van der Waals surface area contributed by atoms with Gasteiger partial charge in [0, 0.05) is 24.0 Å². The van der Waals surface area contributed by atoms with Crippen molar-refractivity contribution in [1.29, 1.82) is 0 Å². The van der Waals surface area contributed by atoms with E-state index in [0.29, 0.717) is 12.5 Å². The number of nitrogens with zero attached hydrogens (tertiary/aromatic N) is 2. The largest absolute Gasteiger partial charge is 0.350 e. The first-order chi connectivity index (χ1) is 12.1. The van der Waals surface area contributed by atoms with Crippen LogP contribution in [-0.4, -0.2) is 9.97 Å². The number of hydrogen-bond donors (Lipinski definition) is 2. The normalized spacial score (nSPS) is 10.5. The van der Waals surface area contributed by atoms with Crippen LogP contribution in [-0.2, 0) is 13.0 Å². The summed E-state index contributed by atoms with van der Waals surface area (Å²) in [4.78, 5) is 9.09. The summed E-state index contributed by atoms with van der Waals surface area (Å²) < 4.78 is 0. The second-order valence-electron chi connectivity index (χ2n) is 6.19. The average Bonchev–Trinajstić information content (AvgIpc) is 2.61. The highest BCUT2D eigenvalue weighted by Crippen LogP contribution is 2.21. The van der Waals surface area contributed by atoms with Crippen LogP contribution < -0.4 is 10.6 Å². The van der Waals surface area contributed by atoms with E-state index >= 15 is 0 Å². The summed E-state index contributed by atoms with van der Waals surface area (Å²) in [6.45, 7) is 6.93. The van der Waals surface area contributed by atoms with E-state index in [0.717, 1.165) is 23.6 Å². The molecule has 0 aliphatic heterocycles. The van der Waals surface area contributed by atoms with Crippen molar-refractivity contribution in [3.63, 3.8) is 0 Å². The molecule has 0 fully saturated rings. The predicted octanol–water partition coefficient (Wildman–Crippen LogP) is 5.01. The van der Waals surface area contributed by atoms with Gasteiger partial charge in [0.25, 0.3) is 0 Å². The van der Waals surface area contributed by atoms with E-state index in [2.05, 4.69) is 76.9 Å². The molecule has 0 radical (unpaired) electrons. The minimum atomic E-state index is 0.636. The monoisotopic (exact) mass is 332 g/mol. The highest BCUT2D eigenvalue weighted by Gasteiger charge is 2.05. The molecule has 3 rings (SSSR count). The maximum atomic E-state index is 4.60. The zero-order valence-corrected chi connectivity index (χ0v) is 15.0. The lowest BCUT2D eigenvalue weighted by atomic mass is 10.1. The molecule has 25 heavy (non-hydrogen) atoms. The van der Waals surface area contributed by atoms with Crippen molar-refractivity contribution in [3.05, 3.63) is 77.0 Å². The van der Waals surface area contributed by atoms with Crippen molar-refractivity contribution in [2.24, 2.45) is 0 Å². The molecule has 128 valence electrons. The molecule has 1 aromatic heterocycles. The third-order valence-electron chi connectivity index (χ3n) is 4.09. The van der Waals surface area contributed by atoms with Crippen LogP contribution in [0.2, 0.25) is 0 Å². The van der Waals surface area contributed by atoms with Crippen LogP contribution in [0.3, 0.4) is 0 Å². The molecule has 3 aromatic rings. The van der Waals surface area contributed by atoms with Crippen molar-refractivity contribution >= 4 is 17.5 Å². The Balaban J connectivity index is 1.75. The molecule has 0 saturated heterocycles. The standard InChI is InChI=1S/C21H24N4/c1-4-18-7-5-6-8-19(18)24-20-13-16(3)23-21(25-20)22-14-17-11-9-15(2)10-12-17/h5-13H,4,14H2,1-3H3,(H2,22,23,24,25). The topological polar surface area (TPSA) is 49.8 Å². The molecule has 0 atom stereocenters. The molecule has 0 amide bonds. The summed E-state index contributed by atoms with van der Waals surface area (Å²) in [5.74, 6) is 1.44. The first-order valence-corrected chi connectivity index (χ1v) is 8.64. The third-order valence-corrected chi connectivity index (χ3v) is 4.09. The van der Waals surface area contributed by atoms with E-state index in [1.807, 2.05) is 19.1 Å². The van der Waals surface area contributed by atoms with E-state index in [9.17, 15) is 0 Å². The molecule has 4 nitrogen and oxygen atoms in total. The van der Waals surface area contributed by atoms with Crippen molar-refractivity contribution in [2.75, 3.05) is 10.6 Å². The van der Waals surface area contributed by atoms with Crippen LogP contribution in [0.4, 0.5) is 17.5 Å². The van der Waals surface area contributed by atoms with Gasteiger partial charge in [-0.1, -0.05) is 55.0 Å². The summed E-state index contributed by atoms with van der Waals surface area (Å²) in [7, 11) is 0. The van der Waals surface area contributed by atoms with Gasteiger partial charge in [-0.2, -0.15) is 4.98 Å². The van der Waals surface area contributed by atoms with E-state index in [1.54, 1.807) is 0 Å². The van der Waals surface area contributed by atoms with Crippen LogP contribution >= 0.6 is 0 Å². The number of nitrogens with one attached hydrogen (secondary N) is 2. The number of para-hydroxylation sites is 1. The van der Waals surface area contributed by atoms with Crippen molar-refractivity contribution < 1.29 is 0 Å². The Morgan fingerprint density at radius 2 is 1.68 bits per heavy atom. The number of benzene rings is 2. The molecule has 1 heterocycles. The number of aryl methyl sites for hydroxylation is 3. The number of hydrogen-bond acceptors (Lipinski definition) is 4. The van der Waals surface area contributed by atoms with Gasteiger partial charge in [0.1, 0.15) is 5.82 Å². The predicted molar refractivity (Wildman–Crippen MR) is 104 cm³/mol. The minimum Gasteiger partial charge on any atom is -0.350 e. The van der Waals surface area contributed by atoms with Gasteiger partial charge in [0.2, 0.25) is 5.95 Å². The Kier molecular flexibility index (Phi) is 5.29. The SMILES string of the molecule is CCc1ccccc1Nc1cc(C)nc(NCc2ccc(C)cc2)n1. The quantitative estimate of drug-likeness (QED) is 0.666. The van der Waals surface area contributed by atoms with E-state index < -0.39 is 0 Å². The van der Waals surface area contributed by atoms with Crippen molar-refractivity contribution in [2.45, 2.75) is 33.7 Å². The van der Waals surface area contributed by atoms with Gasteiger partial charge in [-0.25, -0.2) is 4.98 Å². The summed E-state index contributed by atoms with van der Waals surface area (Å²) in [6.07, 6.45) is 0.978.